The Morgan fingerprint density at radius 3 is 2.53 bits per heavy atom. The third-order valence-corrected chi connectivity index (χ3v) is 2.84. The lowest BCUT2D eigenvalue weighted by atomic mass is 10.00. The summed E-state index contributed by atoms with van der Waals surface area (Å²) in [6.07, 6.45) is 1.48. The summed E-state index contributed by atoms with van der Waals surface area (Å²) in [5, 5.41) is 8.69. The first-order valence-corrected chi connectivity index (χ1v) is 5.20. The van der Waals surface area contributed by atoms with Gasteiger partial charge in [-0.25, -0.2) is 0 Å². The molecule has 6 heteroatoms. The summed E-state index contributed by atoms with van der Waals surface area (Å²) in [5.74, 6) is -1.74. The number of carbonyl (C=O) groups excluding carboxylic acids is 2. The van der Waals surface area contributed by atoms with Crippen LogP contribution in [-0.4, -0.2) is 45.7 Å². The maximum absolute atomic E-state index is 11.8. The molecule has 1 aromatic rings. The van der Waals surface area contributed by atoms with Gasteiger partial charge in [0, 0.05) is 24.8 Å². The van der Waals surface area contributed by atoms with Crippen LogP contribution in [0, 0.1) is 5.92 Å². The van der Waals surface area contributed by atoms with Crippen molar-refractivity contribution in [2.24, 2.45) is 5.92 Å². The van der Waals surface area contributed by atoms with Crippen molar-refractivity contribution in [1.82, 2.24) is 9.88 Å². The Labute approximate surface area is 97.2 Å². The number of carboxylic acid groups (broad SMARTS) is 1. The highest BCUT2D eigenvalue weighted by molar-refractivity contribution is 5.99. The van der Waals surface area contributed by atoms with E-state index in [0.29, 0.717) is 11.3 Å². The molecule has 17 heavy (non-hydrogen) atoms. The highest BCUT2D eigenvalue weighted by Gasteiger charge is 2.36. The van der Waals surface area contributed by atoms with Crippen molar-refractivity contribution in [2.75, 3.05) is 13.1 Å². The zero-order chi connectivity index (χ0) is 12.6. The van der Waals surface area contributed by atoms with Gasteiger partial charge < -0.3 is 15.0 Å². The second-order valence-corrected chi connectivity index (χ2v) is 4.10. The minimum atomic E-state index is -0.884. The molecule has 1 fully saturated rings. The number of likely N-dealkylation sites (tertiary alicyclic amines) is 1. The molecule has 2 heterocycles. The first-order valence-electron chi connectivity index (χ1n) is 5.20. The highest BCUT2D eigenvalue weighted by Crippen LogP contribution is 2.18. The van der Waals surface area contributed by atoms with E-state index in [2.05, 4.69) is 4.98 Å². The van der Waals surface area contributed by atoms with Gasteiger partial charge in [-0.3, -0.25) is 14.4 Å². The zero-order valence-electron chi connectivity index (χ0n) is 9.27. The average molecular weight is 236 g/mol. The molecule has 2 N–H and O–H groups in total. The monoisotopic (exact) mass is 236 g/mol. The van der Waals surface area contributed by atoms with Crippen LogP contribution in [-0.2, 0) is 4.79 Å². The van der Waals surface area contributed by atoms with Crippen LogP contribution in [0.4, 0.5) is 0 Å². The summed E-state index contributed by atoms with van der Waals surface area (Å²) in [4.78, 5) is 37.6. The average Bonchev–Trinajstić information content (AvgIpc) is 2.62. The Hall–Kier alpha value is -2.11. The Morgan fingerprint density at radius 1 is 1.41 bits per heavy atom. The summed E-state index contributed by atoms with van der Waals surface area (Å²) >= 11 is 0. The van der Waals surface area contributed by atoms with Crippen LogP contribution in [0.1, 0.15) is 27.8 Å². The predicted molar refractivity (Wildman–Crippen MR) is 57.8 cm³/mol. The number of amides is 1. The summed E-state index contributed by atoms with van der Waals surface area (Å²) in [5.41, 5.74) is 0.766. The van der Waals surface area contributed by atoms with Gasteiger partial charge in [0.15, 0.2) is 5.78 Å². The van der Waals surface area contributed by atoms with Gasteiger partial charge in [0.2, 0.25) is 0 Å². The molecule has 2 rings (SSSR count). The molecular weight excluding hydrogens is 224 g/mol. The highest BCUT2D eigenvalue weighted by atomic mass is 16.4. The van der Waals surface area contributed by atoms with Gasteiger partial charge in [-0.15, -0.1) is 0 Å². The van der Waals surface area contributed by atoms with Crippen LogP contribution in [0.25, 0.3) is 0 Å². The van der Waals surface area contributed by atoms with Gasteiger partial charge in [-0.05, 0) is 13.0 Å². The molecule has 0 aromatic carbocycles. The number of ketones is 1. The van der Waals surface area contributed by atoms with E-state index in [1.54, 1.807) is 0 Å². The topological polar surface area (TPSA) is 90.5 Å². The summed E-state index contributed by atoms with van der Waals surface area (Å²) < 4.78 is 0. The summed E-state index contributed by atoms with van der Waals surface area (Å²) in [7, 11) is 0. The van der Waals surface area contributed by atoms with Crippen molar-refractivity contribution < 1.29 is 19.5 Å². The first-order chi connectivity index (χ1) is 7.99. The Kier molecular flexibility index (Phi) is 2.71. The number of aliphatic carboxylic acids is 1. The molecule has 1 aliphatic heterocycles. The number of Topliss-reactive ketones (excluding diaryl/α,β-unsaturated/α-hetero) is 1. The molecule has 0 radical (unpaired) electrons. The second-order valence-electron chi connectivity index (χ2n) is 4.10. The van der Waals surface area contributed by atoms with Crippen molar-refractivity contribution in [3.8, 4) is 0 Å². The van der Waals surface area contributed by atoms with E-state index in [1.807, 2.05) is 0 Å². The Morgan fingerprint density at radius 2 is 2.06 bits per heavy atom. The van der Waals surface area contributed by atoms with Gasteiger partial charge >= 0.3 is 5.97 Å². The molecule has 1 saturated heterocycles. The minimum absolute atomic E-state index is 0.118. The van der Waals surface area contributed by atoms with Crippen LogP contribution in [0.3, 0.4) is 0 Å². The number of aromatic amines is 1. The van der Waals surface area contributed by atoms with Gasteiger partial charge in [0.05, 0.1) is 5.92 Å². The molecule has 1 aliphatic rings. The number of hydrogen-bond acceptors (Lipinski definition) is 3. The quantitative estimate of drug-likeness (QED) is 0.742. The lowest BCUT2D eigenvalue weighted by Crippen LogP contribution is -2.53. The molecule has 0 atom stereocenters. The number of H-pyrrole nitrogens is 1. The third-order valence-electron chi connectivity index (χ3n) is 2.84. The molecule has 0 bridgehead atoms. The van der Waals surface area contributed by atoms with Crippen molar-refractivity contribution >= 4 is 17.7 Å². The molecule has 0 spiro atoms. The zero-order valence-corrected chi connectivity index (χ0v) is 9.27. The van der Waals surface area contributed by atoms with Gasteiger partial charge in [-0.2, -0.15) is 0 Å². The van der Waals surface area contributed by atoms with Crippen molar-refractivity contribution in [1.29, 1.82) is 0 Å². The number of hydrogen-bond donors (Lipinski definition) is 2. The molecule has 1 aromatic heterocycles. The molecule has 6 nitrogen and oxygen atoms in total. The minimum Gasteiger partial charge on any atom is -0.481 e. The van der Waals surface area contributed by atoms with E-state index in [1.165, 1.54) is 24.1 Å². The first kappa shape index (κ1) is 11.4. The third kappa shape index (κ3) is 2.06. The van der Waals surface area contributed by atoms with E-state index in [9.17, 15) is 14.4 Å². The van der Waals surface area contributed by atoms with Gasteiger partial charge in [-0.1, -0.05) is 0 Å². The molecule has 90 valence electrons. The number of aromatic nitrogens is 1. The van der Waals surface area contributed by atoms with Gasteiger partial charge in [0.1, 0.15) is 5.69 Å². The predicted octanol–water partition coefficient (Wildman–Crippen LogP) is 0.374. The fourth-order valence-electron chi connectivity index (χ4n) is 1.69. The molecule has 1 amide bonds. The summed E-state index contributed by atoms with van der Waals surface area (Å²) in [6.45, 7) is 1.87. The van der Waals surface area contributed by atoms with Crippen LogP contribution in [0.5, 0.6) is 0 Å². The van der Waals surface area contributed by atoms with Crippen molar-refractivity contribution in [3.63, 3.8) is 0 Å². The number of rotatable bonds is 3. The lowest BCUT2D eigenvalue weighted by Gasteiger charge is -2.36. The normalized spacial score (nSPS) is 15.5. The standard InChI is InChI=1S/C11H12N2O4/c1-6(14)7-2-9(12-3-7)10(15)13-4-8(5-13)11(16)17/h2-3,8,12H,4-5H2,1H3,(H,16,17). The Balaban J connectivity index is 2.01. The SMILES string of the molecule is CC(=O)c1c[nH]c(C(=O)N2CC(C(=O)O)C2)c1. The van der Waals surface area contributed by atoms with Crippen LogP contribution < -0.4 is 0 Å². The van der Waals surface area contributed by atoms with E-state index in [4.69, 9.17) is 5.11 Å². The summed E-state index contributed by atoms with van der Waals surface area (Å²) in [6, 6.07) is 1.48. The van der Waals surface area contributed by atoms with Crippen LogP contribution in [0.2, 0.25) is 0 Å². The number of carboxylic acids is 1. The fourth-order valence-corrected chi connectivity index (χ4v) is 1.69. The maximum Gasteiger partial charge on any atom is 0.310 e. The number of nitrogens with zero attached hydrogens (tertiary/aromatic N) is 1. The lowest BCUT2D eigenvalue weighted by molar-refractivity contribution is -0.146. The van der Waals surface area contributed by atoms with Crippen molar-refractivity contribution in [3.05, 3.63) is 23.5 Å². The number of nitrogens with one attached hydrogen (secondary N) is 1. The molecular formula is C11H12N2O4. The molecule has 0 unspecified atom stereocenters. The largest absolute Gasteiger partial charge is 0.481 e. The van der Waals surface area contributed by atoms with E-state index >= 15 is 0 Å². The fraction of sp³-hybridized carbons (Fsp3) is 0.364. The van der Waals surface area contributed by atoms with E-state index in [0.717, 1.165) is 0 Å². The smallest absolute Gasteiger partial charge is 0.310 e. The van der Waals surface area contributed by atoms with Crippen molar-refractivity contribution in [2.45, 2.75) is 6.92 Å². The Bertz CT molecular complexity index is 485. The van der Waals surface area contributed by atoms with E-state index in [-0.39, 0.29) is 24.8 Å². The van der Waals surface area contributed by atoms with Gasteiger partial charge in [0.25, 0.3) is 5.91 Å². The maximum atomic E-state index is 11.8. The van der Waals surface area contributed by atoms with Crippen LogP contribution in [0.15, 0.2) is 12.3 Å². The van der Waals surface area contributed by atoms with Crippen LogP contribution >= 0.6 is 0 Å². The number of carbonyl (C=O) groups is 3. The second kappa shape index (κ2) is 4.04. The molecule has 0 aliphatic carbocycles. The molecule has 0 saturated carbocycles. The van der Waals surface area contributed by atoms with E-state index < -0.39 is 11.9 Å².